The van der Waals surface area contributed by atoms with Crippen molar-refractivity contribution in [2.75, 3.05) is 0 Å². The molecule has 3 rings (SSSR count). The van der Waals surface area contributed by atoms with Gasteiger partial charge in [0.2, 0.25) is 0 Å². The van der Waals surface area contributed by atoms with Crippen LogP contribution in [0, 0.1) is 0 Å². The molecule has 0 N–H and O–H groups in total. The maximum absolute atomic E-state index is 12.8. The average Bonchev–Trinajstić information content (AvgIpc) is 2.87. The summed E-state index contributed by atoms with van der Waals surface area (Å²) in [4.78, 5) is 12.8. The quantitative estimate of drug-likeness (QED) is 0.417. The molecule has 3 nitrogen and oxygen atoms in total. The van der Waals surface area contributed by atoms with Gasteiger partial charge in [-0.2, -0.15) is 0 Å². The molecule has 0 unspecified atom stereocenters. The number of ether oxygens (including phenoxy) is 1. The number of nitrogens with zero attached hydrogens (tertiary/aromatic N) is 1. The Bertz CT molecular complexity index is 923. The highest BCUT2D eigenvalue weighted by Gasteiger charge is 2.22. The first-order chi connectivity index (χ1) is 11.3. The average molecular weight is 451 g/mol. The number of para-hydroxylation sites is 1. The van der Waals surface area contributed by atoms with E-state index in [0.717, 1.165) is 31.1 Å². The Kier molecular flexibility index (Phi) is 4.58. The number of aromatic nitrogens is 1. The van der Waals surface area contributed by atoms with Gasteiger partial charge < -0.3 is 4.74 Å². The molecular formula is C19H17Br2NO2. The molecule has 5 heteroatoms. The highest BCUT2D eigenvalue weighted by atomic mass is 79.9. The largest absolute Gasteiger partial charge is 0.443 e. The molecule has 0 radical (unpaired) electrons. The van der Waals surface area contributed by atoms with Crippen molar-refractivity contribution >= 4 is 48.9 Å². The molecule has 0 spiro atoms. The van der Waals surface area contributed by atoms with Crippen molar-refractivity contribution in [2.45, 2.75) is 26.4 Å². The van der Waals surface area contributed by atoms with Crippen molar-refractivity contribution in [1.82, 2.24) is 4.57 Å². The fourth-order valence-corrected chi connectivity index (χ4v) is 3.15. The monoisotopic (exact) mass is 449 g/mol. The topological polar surface area (TPSA) is 31.2 Å². The maximum Gasteiger partial charge on any atom is 0.419 e. The van der Waals surface area contributed by atoms with Crippen LogP contribution in [0.15, 0.2) is 57.5 Å². The van der Waals surface area contributed by atoms with E-state index in [9.17, 15) is 4.79 Å². The molecule has 2 aromatic carbocycles. The van der Waals surface area contributed by atoms with Crippen molar-refractivity contribution in [2.24, 2.45) is 0 Å². The summed E-state index contributed by atoms with van der Waals surface area (Å²) in [6.07, 6.45) is -0.377. The summed E-state index contributed by atoms with van der Waals surface area (Å²) in [5.41, 5.74) is 2.02. The molecule has 0 amide bonds. The molecule has 0 fully saturated rings. The van der Waals surface area contributed by atoms with Crippen LogP contribution in [0.25, 0.3) is 22.2 Å². The lowest BCUT2D eigenvalue weighted by molar-refractivity contribution is 0.0547. The van der Waals surface area contributed by atoms with Crippen LogP contribution in [0.2, 0.25) is 0 Å². The van der Waals surface area contributed by atoms with Gasteiger partial charge >= 0.3 is 6.09 Å². The molecule has 1 heterocycles. The Labute approximate surface area is 157 Å². The summed E-state index contributed by atoms with van der Waals surface area (Å²) in [6.45, 7) is 5.60. The van der Waals surface area contributed by atoms with Crippen molar-refractivity contribution < 1.29 is 9.53 Å². The molecule has 0 saturated heterocycles. The van der Waals surface area contributed by atoms with E-state index in [1.54, 1.807) is 4.57 Å². The third-order valence-electron chi connectivity index (χ3n) is 3.50. The number of fused-ring (bicyclic) bond motifs is 1. The number of halogens is 2. The van der Waals surface area contributed by atoms with Gasteiger partial charge in [0.05, 0.1) is 11.2 Å². The van der Waals surface area contributed by atoms with Crippen LogP contribution in [-0.4, -0.2) is 16.3 Å². The normalized spacial score (nSPS) is 11.7. The first-order valence-corrected chi connectivity index (χ1v) is 9.14. The second-order valence-corrected chi connectivity index (χ2v) is 8.24. The molecule has 0 saturated carbocycles. The number of carbonyl (C=O) groups excluding carboxylic acids is 1. The smallest absolute Gasteiger partial charge is 0.419 e. The van der Waals surface area contributed by atoms with E-state index < -0.39 is 5.60 Å². The third-order valence-corrected chi connectivity index (χ3v) is 5.38. The van der Waals surface area contributed by atoms with Gasteiger partial charge in [0, 0.05) is 14.3 Å². The van der Waals surface area contributed by atoms with Crippen LogP contribution in [0.3, 0.4) is 0 Å². The number of benzene rings is 2. The van der Waals surface area contributed by atoms with Crippen molar-refractivity contribution in [3.05, 3.63) is 57.5 Å². The van der Waals surface area contributed by atoms with E-state index in [0.29, 0.717) is 0 Å². The summed E-state index contributed by atoms with van der Waals surface area (Å²) in [6, 6.07) is 15.7. The SMILES string of the molecule is CC(C)(C)OC(=O)n1c(-c2ccc(Br)c(Br)c2)cc2ccccc21. The fourth-order valence-electron chi connectivity index (χ4n) is 2.53. The third kappa shape index (κ3) is 3.42. The fraction of sp³-hybridized carbons (Fsp3) is 0.211. The van der Waals surface area contributed by atoms with E-state index in [4.69, 9.17) is 4.74 Å². The summed E-state index contributed by atoms with van der Waals surface area (Å²) < 4.78 is 9.14. The summed E-state index contributed by atoms with van der Waals surface area (Å²) in [7, 11) is 0. The van der Waals surface area contributed by atoms with E-state index in [1.165, 1.54) is 0 Å². The van der Waals surface area contributed by atoms with Crippen LogP contribution in [0.5, 0.6) is 0 Å². The summed E-state index contributed by atoms with van der Waals surface area (Å²) in [5, 5.41) is 0.998. The van der Waals surface area contributed by atoms with Crippen molar-refractivity contribution in [1.29, 1.82) is 0 Å². The lowest BCUT2D eigenvalue weighted by Gasteiger charge is -2.21. The van der Waals surface area contributed by atoms with E-state index in [-0.39, 0.29) is 6.09 Å². The van der Waals surface area contributed by atoms with Crippen molar-refractivity contribution in [3.8, 4) is 11.3 Å². The van der Waals surface area contributed by atoms with Gasteiger partial charge in [-0.15, -0.1) is 0 Å². The standard InChI is InChI=1S/C19H17Br2NO2/c1-19(2,3)24-18(23)22-16-7-5-4-6-12(16)11-17(22)13-8-9-14(20)15(21)10-13/h4-11H,1-3H3. The Morgan fingerprint density at radius 1 is 1.00 bits per heavy atom. The van der Waals surface area contributed by atoms with Gasteiger partial charge in [-0.05, 0) is 82.5 Å². The van der Waals surface area contributed by atoms with Crippen LogP contribution < -0.4 is 0 Å². The molecule has 24 heavy (non-hydrogen) atoms. The molecule has 1 aromatic heterocycles. The van der Waals surface area contributed by atoms with Gasteiger partial charge in [-0.1, -0.05) is 24.3 Å². The lowest BCUT2D eigenvalue weighted by Crippen LogP contribution is -2.27. The molecule has 124 valence electrons. The second-order valence-electron chi connectivity index (χ2n) is 6.53. The minimum absolute atomic E-state index is 0.377. The predicted molar refractivity (Wildman–Crippen MR) is 104 cm³/mol. The highest BCUT2D eigenvalue weighted by Crippen LogP contribution is 2.33. The molecule has 0 aliphatic rings. The molecule has 0 bridgehead atoms. The molecule has 0 aliphatic heterocycles. The number of rotatable bonds is 1. The zero-order chi connectivity index (χ0) is 17.5. The molecule has 0 aliphatic carbocycles. The first kappa shape index (κ1) is 17.2. The maximum atomic E-state index is 12.8. The van der Waals surface area contributed by atoms with Crippen LogP contribution >= 0.6 is 31.9 Å². The zero-order valence-corrected chi connectivity index (χ0v) is 16.8. The van der Waals surface area contributed by atoms with Crippen LogP contribution in [0.1, 0.15) is 20.8 Å². The molecule has 0 atom stereocenters. The summed E-state index contributed by atoms with van der Waals surface area (Å²) >= 11 is 7.00. The van der Waals surface area contributed by atoms with Gasteiger partial charge in [0.15, 0.2) is 0 Å². The minimum Gasteiger partial charge on any atom is -0.443 e. The van der Waals surface area contributed by atoms with Gasteiger partial charge in [-0.25, -0.2) is 9.36 Å². The van der Waals surface area contributed by atoms with E-state index in [1.807, 2.05) is 69.3 Å². The van der Waals surface area contributed by atoms with E-state index in [2.05, 4.69) is 31.9 Å². The first-order valence-electron chi connectivity index (χ1n) is 7.55. The van der Waals surface area contributed by atoms with Gasteiger partial charge in [0.1, 0.15) is 5.60 Å². The molecule has 3 aromatic rings. The predicted octanol–water partition coefficient (Wildman–Crippen LogP) is 6.62. The summed E-state index contributed by atoms with van der Waals surface area (Å²) in [5.74, 6) is 0. The Morgan fingerprint density at radius 3 is 2.38 bits per heavy atom. The van der Waals surface area contributed by atoms with Crippen molar-refractivity contribution in [3.63, 3.8) is 0 Å². The zero-order valence-electron chi connectivity index (χ0n) is 13.6. The molecular weight excluding hydrogens is 434 g/mol. The van der Waals surface area contributed by atoms with Crippen LogP contribution in [0.4, 0.5) is 4.79 Å². The van der Waals surface area contributed by atoms with E-state index >= 15 is 0 Å². The number of hydrogen-bond donors (Lipinski definition) is 0. The minimum atomic E-state index is -0.556. The Hall–Kier alpha value is -1.59. The van der Waals surface area contributed by atoms with Gasteiger partial charge in [0.25, 0.3) is 0 Å². The Morgan fingerprint density at radius 2 is 1.71 bits per heavy atom. The second kappa shape index (κ2) is 6.37. The van der Waals surface area contributed by atoms with Crippen LogP contribution in [-0.2, 0) is 4.74 Å². The lowest BCUT2D eigenvalue weighted by atomic mass is 10.1. The highest BCUT2D eigenvalue weighted by molar-refractivity contribution is 9.13. The number of hydrogen-bond acceptors (Lipinski definition) is 2. The number of carbonyl (C=O) groups is 1. The van der Waals surface area contributed by atoms with Gasteiger partial charge in [-0.3, -0.25) is 0 Å². The Balaban J connectivity index is 2.22.